The molecule has 0 amide bonds. The molecule has 2 atom stereocenters. The molecule has 15 heavy (non-hydrogen) atoms. The van der Waals surface area contributed by atoms with Crippen molar-refractivity contribution in [3.8, 4) is 0 Å². The average Bonchev–Trinajstić information content (AvgIpc) is 2.98. The number of hydrogen-bond donors (Lipinski definition) is 1. The van der Waals surface area contributed by atoms with Crippen molar-refractivity contribution in [2.75, 3.05) is 12.3 Å². The van der Waals surface area contributed by atoms with E-state index in [0.29, 0.717) is 0 Å². The molecule has 1 saturated carbocycles. The Morgan fingerprint density at radius 1 is 1.40 bits per heavy atom. The normalized spacial score (nSPS) is 34.0. The fourth-order valence-corrected chi connectivity index (χ4v) is 3.93. The first-order chi connectivity index (χ1) is 7.26. The monoisotopic (exact) mass is 227 g/mol. The maximum atomic E-state index is 3.84. The van der Waals surface area contributed by atoms with E-state index in [2.05, 4.69) is 30.9 Å². The summed E-state index contributed by atoms with van der Waals surface area (Å²) < 4.78 is 0. The lowest BCUT2D eigenvalue weighted by Gasteiger charge is -2.31. The molecular formula is C13H25NS. The molecule has 0 aromatic carbocycles. The fourth-order valence-electron chi connectivity index (χ4n) is 2.76. The van der Waals surface area contributed by atoms with Gasteiger partial charge in [-0.05, 0) is 43.3 Å². The van der Waals surface area contributed by atoms with Gasteiger partial charge in [-0.15, -0.1) is 0 Å². The van der Waals surface area contributed by atoms with Gasteiger partial charge in [0.15, 0.2) is 0 Å². The summed E-state index contributed by atoms with van der Waals surface area (Å²) in [6.45, 7) is 6.00. The van der Waals surface area contributed by atoms with Crippen LogP contribution in [0.4, 0.5) is 0 Å². The van der Waals surface area contributed by atoms with Gasteiger partial charge in [0.2, 0.25) is 0 Å². The van der Waals surface area contributed by atoms with E-state index in [1.807, 2.05) is 0 Å². The van der Waals surface area contributed by atoms with Crippen LogP contribution < -0.4 is 5.32 Å². The third-order valence-electron chi connectivity index (χ3n) is 4.08. The molecule has 2 aliphatic rings. The summed E-state index contributed by atoms with van der Waals surface area (Å²) in [6, 6.07) is 0.790. The summed E-state index contributed by atoms with van der Waals surface area (Å²) in [6.07, 6.45) is 8.55. The topological polar surface area (TPSA) is 12.0 Å². The van der Waals surface area contributed by atoms with E-state index in [1.54, 1.807) is 0 Å². The largest absolute Gasteiger partial charge is 0.312 e. The third kappa shape index (κ3) is 3.13. The lowest BCUT2D eigenvalue weighted by Crippen LogP contribution is -2.42. The Morgan fingerprint density at radius 3 is 2.80 bits per heavy atom. The lowest BCUT2D eigenvalue weighted by molar-refractivity contribution is 0.368. The van der Waals surface area contributed by atoms with E-state index in [9.17, 15) is 0 Å². The first kappa shape index (κ1) is 11.8. The standard InChI is InChI=1S/C13H25NS/c1-3-6-13(7-8-13)10-14-12-5-4-9-15-11(12)2/h11-12,14H,3-10H2,1-2H3. The maximum absolute atomic E-state index is 3.84. The molecule has 2 rings (SSSR count). The molecule has 88 valence electrons. The zero-order valence-corrected chi connectivity index (χ0v) is 11.0. The van der Waals surface area contributed by atoms with Gasteiger partial charge < -0.3 is 5.32 Å². The predicted molar refractivity (Wildman–Crippen MR) is 69.5 cm³/mol. The van der Waals surface area contributed by atoms with Crippen LogP contribution in [0.3, 0.4) is 0 Å². The maximum Gasteiger partial charge on any atom is 0.0184 e. The van der Waals surface area contributed by atoms with Crippen LogP contribution in [0.2, 0.25) is 0 Å². The smallest absolute Gasteiger partial charge is 0.0184 e. The van der Waals surface area contributed by atoms with Crippen molar-refractivity contribution < 1.29 is 0 Å². The molecule has 1 aliphatic carbocycles. The molecule has 1 saturated heterocycles. The molecule has 2 unspecified atom stereocenters. The van der Waals surface area contributed by atoms with Gasteiger partial charge in [0.25, 0.3) is 0 Å². The second kappa shape index (κ2) is 5.09. The first-order valence-corrected chi connectivity index (χ1v) is 7.66. The average molecular weight is 227 g/mol. The second-order valence-electron chi connectivity index (χ2n) is 5.46. The molecule has 2 heteroatoms. The van der Waals surface area contributed by atoms with Crippen LogP contribution >= 0.6 is 11.8 Å². The van der Waals surface area contributed by atoms with Crippen molar-refractivity contribution in [1.82, 2.24) is 5.32 Å². The van der Waals surface area contributed by atoms with E-state index in [0.717, 1.165) is 16.7 Å². The van der Waals surface area contributed by atoms with E-state index in [-0.39, 0.29) is 0 Å². The van der Waals surface area contributed by atoms with Gasteiger partial charge in [-0.3, -0.25) is 0 Å². The minimum Gasteiger partial charge on any atom is -0.312 e. The summed E-state index contributed by atoms with van der Waals surface area (Å²) in [7, 11) is 0. The molecule has 1 aliphatic heterocycles. The van der Waals surface area contributed by atoms with Crippen LogP contribution in [0.15, 0.2) is 0 Å². The lowest BCUT2D eigenvalue weighted by atomic mass is 9.99. The number of rotatable bonds is 5. The second-order valence-corrected chi connectivity index (χ2v) is 6.94. The van der Waals surface area contributed by atoms with Gasteiger partial charge in [0.05, 0.1) is 0 Å². The molecule has 0 bridgehead atoms. The Morgan fingerprint density at radius 2 is 2.20 bits per heavy atom. The summed E-state index contributed by atoms with van der Waals surface area (Å²) >= 11 is 2.15. The molecule has 0 aromatic heterocycles. The van der Waals surface area contributed by atoms with Crippen molar-refractivity contribution in [2.24, 2.45) is 5.41 Å². The highest BCUT2D eigenvalue weighted by atomic mass is 32.2. The van der Waals surface area contributed by atoms with Crippen LogP contribution in [-0.4, -0.2) is 23.6 Å². The fraction of sp³-hybridized carbons (Fsp3) is 1.00. The highest BCUT2D eigenvalue weighted by Crippen LogP contribution is 2.49. The zero-order chi connectivity index (χ0) is 10.7. The molecule has 1 heterocycles. The number of thioether (sulfide) groups is 1. The summed E-state index contributed by atoms with van der Waals surface area (Å²) in [5.41, 5.74) is 0.719. The molecule has 1 N–H and O–H groups in total. The summed E-state index contributed by atoms with van der Waals surface area (Å²) in [5, 5.41) is 4.67. The Hall–Kier alpha value is 0.310. The quantitative estimate of drug-likeness (QED) is 0.772. The van der Waals surface area contributed by atoms with Crippen LogP contribution in [0.1, 0.15) is 52.4 Å². The van der Waals surface area contributed by atoms with Gasteiger partial charge in [-0.1, -0.05) is 20.3 Å². The van der Waals surface area contributed by atoms with Crippen molar-refractivity contribution in [3.05, 3.63) is 0 Å². The molecule has 0 spiro atoms. The minimum atomic E-state index is 0.719. The van der Waals surface area contributed by atoms with Crippen LogP contribution in [0.25, 0.3) is 0 Å². The predicted octanol–water partition coefficient (Wildman–Crippen LogP) is 3.44. The van der Waals surface area contributed by atoms with Crippen molar-refractivity contribution in [2.45, 2.75) is 63.7 Å². The molecule has 0 aromatic rings. The van der Waals surface area contributed by atoms with Crippen molar-refractivity contribution >= 4 is 11.8 Å². The van der Waals surface area contributed by atoms with E-state index < -0.39 is 0 Å². The Bertz CT molecular complexity index is 201. The van der Waals surface area contributed by atoms with Crippen LogP contribution in [0, 0.1) is 5.41 Å². The van der Waals surface area contributed by atoms with E-state index in [1.165, 1.54) is 50.8 Å². The van der Waals surface area contributed by atoms with Gasteiger partial charge in [-0.25, -0.2) is 0 Å². The highest BCUT2D eigenvalue weighted by Gasteiger charge is 2.41. The van der Waals surface area contributed by atoms with Gasteiger partial charge >= 0.3 is 0 Å². The Labute approximate surface area is 98.8 Å². The van der Waals surface area contributed by atoms with Crippen molar-refractivity contribution in [3.63, 3.8) is 0 Å². The number of nitrogens with one attached hydrogen (secondary N) is 1. The molecule has 1 nitrogen and oxygen atoms in total. The van der Waals surface area contributed by atoms with Gasteiger partial charge in [0, 0.05) is 17.8 Å². The third-order valence-corrected chi connectivity index (χ3v) is 5.46. The zero-order valence-electron chi connectivity index (χ0n) is 10.2. The number of hydrogen-bond acceptors (Lipinski definition) is 2. The Balaban J connectivity index is 1.72. The SMILES string of the molecule is CCCC1(CNC2CCCSC2C)CC1. The van der Waals surface area contributed by atoms with Crippen LogP contribution in [0.5, 0.6) is 0 Å². The summed E-state index contributed by atoms with van der Waals surface area (Å²) in [5.74, 6) is 1.37. The van der Waals surface area contributed by atoms with Gasteiger partial charge in [0.1, 0.15) is 0 Å². The first-order valence-electron chi connectivity index (χ1n) is 6.61. The summed E-state index contributed by atoms with van der Waals surface area (Å²) in [4.78, 5) is 0. The van der Waals surface area contributed by atoms with Crippen LogP contribution in [-0.2, 0) is 0 Å². The van der Waals surface area contributed by atoms with E-state index >= 15 is 0 Å². The van der Waals surface area contributed by atoms with Gasteiger partial charge in [-0.2, -0.15) is 11.8 Å². The van der Waals surface area contributed by atoms with Crippen molar-refractivity contribution in [1.29, 1.82) is 0 Å². The van der Waals surface area contributed by atoms with E-state index in [4.69, 9.17) is 0 Å². The molecule has 0 radical (unpaired) electrons. The minimum absolute atomic E-state index is 0.719. The highest BCUT2D eigenvalue weighted by molar-refractivity contribution is 7.99. The molecular weight excluding hydrogens is 202 g/mol. The Kier molecular flexibility index (Phi) is 4.00. The molecule has 2 fully saturated rings.